The van der Waals surface area contributed by atoms with Gasteiger partial charge in [-0.1, -0.05) is 42.5 Å². The van der Waals surface area contributed by atoms with Crippen LogP contribution in [0.15, 0.2) is 78.9 Å². The van der Waals surface area contributed by atoms with Crippen molar-refractivity contribution < 1.29 is 23.7 Å². The van der Waals surface area contributed by atoms with Crippen molar-refractivity contribution in [3.63, 3.8) is 0 Å². The van der Waals surface area contributed by atoms with Crippen LogP contribution in [0.2, 0.25) is 0 Å². The van der Waals surface area contributed by atoms with Crippen LogP contribution in [0, 0.1) is 0 Å². The summed E-state index contributed by atoms with van der Waals surface area (Å²) in [6.45, 7) is 0. The Morgan fingerprint density at radius 1 is 0.629 bits per heavy atom. The molecule has 0 atom stereocenters. The van der Waals surface area contributed by atoms with Crippen molar-refractivity contribution in [1.29, 1.82) is 0 Å². The number of rotatable bonds is 6. The molecule has 0 radical (unpaired) electrons. The minimum absolute atomic E-state index is 0.191. The molecule has 1 heterocycles. The van der Waals surface area contributed by atoms with Crippen LogP contribution in [0.5, 0.6) is 23.0 Å². The first-order chi connectivity index (χ1) is 17.1. The number of ether oxygens (including phenoxy) is 4. The monoisotopic (exact) mass is 467 g/mol. The van der Waals surface area contributed by atoms with Gasteiger partial charge in [-0.05, 0) is 41.5 Å². The van der Waals surface area contributed by atoms with Gasteiger partial charge in [0.15, 0.2) is 23.0 Å². The molecule has 6 heteroatoms. The van der Waals surface area contributed by atoms with Gasteiger partial charge >= 0.3 is 0 Å². The number of hydrogen-bond acceptors (Lipinski definition) is 5. The first-order valence-electron chi connectivity index (χ1n) is 11.1. The fourth-order valence-corrected chi connectivity index (χ4v) is 4.52. The van der Waals surface area contributed by atoms with E-state index in [0.717, 1.165) is 21.9 Å². The average molecular weight is 468 g/mol. The molecule has 4 aromatic carbocycles. The molecule has 1 aromatic heterocycles. The summed E-state index contributed by atoms with van der Waals surface area (Å²) in [4.78, 5) is 14.0. The highest BCUT2D eigenvalue weighted by Crippen LogP contribution is 2.44. The van der Waals surface area contributed by atoms with Gasteiger partial charge < -0.3 is 18.9 Å². The Labute approximate surface area is 203 Å². The third-order valence-electron chi connectivity index (χ3n) is 6.22. The zero-order valence-electron chi connectivity index (χ0n) is 20.0. The highest BCUT2D eigenvalue weighted by molar-refractivity contribution is 6.18. The molecule has 0 aliphatic heterocycles. The maximum absolute atomic E-state index is 14.0. The Kier molecular flexibility index (Phi) is 5.79. The molecule has 0 N–H and O–H groups in total. The van der Waals surface area contributed by atoms with Crippen molar-refractivity contribution in [2.24, 2.45) is 0 Å². The van der Waals surface area contributed by atoms with Gasteiger partial charge in [0.05, 0.1) is 34.0 Å². The molecule has 0 spiro atoms. The Morgan fingerprint density at radius 3 is 1.89 bits per heavy atom. The minimum Gasteiger partial charge on any atom is -0.493 e. The quantitative estimate of drug-likeness (QED) is 0.298. The highest BCUT2D eigenvalue weighted by Gasteiger charge is 2.24. The maximum atomic E-state index is 14.0. The third-order valence-corrected chi connectivity index (χ3v) is 6.22. The summed E-state index contributed by atoms with van der Waals surface area (Å²) in [5.74, 6) is 1.93. The molecule has 0 fully saturated rings. The molecular formula is C29H25NO5. The van der Waals surface area contributed by atoms with Crippen molar-refractivity contribution in [2.45, 2.75) is 0 Å². The zero-order valence-corrected chi connectivity index (χ0v) is 20.0. The molecule has 176 valence electrons. The van der Waals surface area contributed by atoms with Crippen molar-refractivity contribution in [3.05, 3.63) is 84.4 Å². The van der Waals surface area contributed by atoms with Crippen LogP contribution in [-0.4, -0.2) is 38.9 Å². The van der Waals surface area contributed by atoms with E-state index in [2.05, 4.69) is 0 Å². The zero-order chi connectivity index (χ0) is 24.5. The van der Waals surface area contributed by atoms with Crippen LogP contribution in [0.3, 0.4) is 0 Å². The predicted molar refractivity (Wildman–Crippen MR) is 137 cm³/mol. The highest BCUT2D eigenvalue weighted by atomic mass is 16.5. The molecule has 0 saturated heterocycles. The molecule has 6 nitrogen and oxygen atoms in total. The van der Waals surface area contributed by atoms with Crippen LogP contribution in [0.4, 0.5) is 0 Å². The van der Waals surface area contributed by atoms with E-state index < -0.39 is 0 Å². The molecule has 0 unspecified atom stereocenters. The number of methoxy groups -OCH3 is 4. The largest absolute Gasteiger partial charge is 0.493 e. The summed E-state index contributed by atoms with van der Waals surface area (Å²) < 4.78 is 24.0. The first-order valence-corrected chi connectivity index (χ1v) is 11.1. The molecular weight excluding hydrogens is 442 g/mol. The number of carbonyl (C=O) groups is 1. The van der Waals surface area contributed by atoms with Crippen LogP contribution in [0.25, 0.3) is 32.9 Å². The molecule has 0 aliphatic carbocycles. The van der Waals surface area contributed by atoms with Gasteiger partial charge in [0.1, 0.15) is 5.52 Å². The van der Waals surface area contributed by atoms with Gasteiger partial charge in [-0.2, -0.15) is 0 Å². The SMILES string of the molecule is COc1cc2c3ccc(OC)c(OC)c3n(C(=O)c3ccc(-c4ccccc4)cc3)c2cc1OC. The lowest BCUT2D eigenvalue weighted by atomic mass is 10.0. The lowest BCUT2D eigenvalue weighted by Gasteiger charge is -2.13. The number of nitrogens with zero attached hydrogens (tertiary/aromatic N) is 1. The fourth-order valence-electron chi connectivity index (χ4n) is 4.52. The van der Waals surface area contributed by atoms with Gasteiger partial charge in [-0.15, -0.1) is 0 Å². The van der Waals surface area contributed by atoms with Crippen molar-refractivity contribution in [2.75, 3.05) is 28.4 Å². The second-order valence-electron chi connectivity index (χ2n) is 8.01. The van der Waals surface area contributed by atoms with E-state index in [4.69, 9.17) is 18.9 Å². The van der Waals surface area contributed by atoms with E-state index in [1.165, 1.54) is 0 Å². The summed E-state index contributed by atoms with van der Waals surface area (Å²) in [6.07, 6.45) is 0. The summed E-state index contributed by atoms with van der Waals surface area (Å²) >= 11 is 0. The number of hydrogen-bond donors (Lipinski definition) is 0. The van der Waals surface area contributed by atoms with Crippen LogP contribution in [0.1, 0.15) is 10.4 Å². The van der Waals surface area contributed by atoms with Crippen LogP contribution in [-0.2, 0) is 0 Å². The molecule has 0 amide bonds. The van der Waals surface area contributed by atoms with Gasteiger partial charge in [0.2, 0.25) is 0 Å². The molecule has 0 aliphatic rings. The average Bonchev–Trinajstić information content (AvgIpc) is 3.24. The minimum atomic E-state index is -0.191. The van der Waals surface area contributed by atoms with E-state index in [-0.39, 0.29) is 5.91 Å². The van der Waals surface area contributed by atoms with E-state index in [0.29, 0.717) is 39.6 Å². The maximum Gasteiger partial charge on any atom is 0.263 e. The lowest BCUT2D eigenvalue weighted by molar-refractivity contribution is 0.0969. The van der Waals surface area contributed by atoms with Gasteiger partial charge in [-0.25, -0.2) is 0 Å². The summed E-state index contributed by atoms with van der Waals surface area (Å²) in [5, 5.41) is 1.68. The van der Waals surface area contributed by atoms with E-state index in [1.54, 1.807) is 33.0 Å². The standard InChI is InChI=1S/C29H25NO5/c1-32-24-15-14-21-22-16-25(33-2)26(34-3)17-23(22)30(27(21)28(24)35-4)29(31)20-12-10-19(11-13-20)18-8-6-5-7-9-18/h5-17H,1-4H3. The normalized spacial score (nSPS) is 11.0. The van der Waals surface area contributed by atoms with Gasteiger partial charge in [-0.3, -0.25) is 9.36 Å². The first kappa shape index (κ1) is 22.3. The molecule has 5 aromatic rings. The van der Waals surface area contributed by atoms with Gasteiger partial charge in [0, 0.05) is 22.4 Å². The topological polar surface area (TPSA) is 58.9 Å². The summed E-state index contributed by atoms with van der Waals surface area (Å²) in [6, 6.07) is 25.1. The van der Waals surface area contributed by atoms with Gasteiger partial charge in [0.25, 0.3) is 5.91 Å². The van der Waals surface area contributed by atoms with Crippen LogP contribution < -0.4 is 18.9 Å². The van der Waals surface area contributed by atoms with Crippen molar-refractivity contribution in [3.8, 4) is 34.1 Å². The number of fused-ring (bicyclic) bond motifs is 3. The predicted octanol–water partition coefficient (Wildman–Crippen LogP) is 6.18. The van der Waals surface area contributed by atoms with E-state index in [9.17, 15) is 4.79 Å². The Bertz CT molecular complexity index is 1540. The second-order valence-corrected chi connectivity index (χ2v) is 8.01. The fraction of sp³-hybridized carbons (Fsp3) is 0.138. The van der Waals surface area contributed by atoms with Crippen molar-refractivity contribution in [1.82, 2.24) is 4.57 Å². The molecule has 5 rings (SSSR count). The summed E-state index contributed by atoms with van der Waals surface area (Å²) in [7, 11) is 6.31. The third kappa shape index (κ3) is 3.64. The number of aromatic nitrogens is 1. The molecule has 0 bridgehead atoms. The Balaban J connectivity index is 1.76. The van der Waals surface area contributed by atoms with E-state index in [1.807, 2.05) is 78.9 Å². The molecule has 35 heavy (non-hydrogen) atoms. The van der Waals surface area contributed by atoms with Crippen LogP contribution >= 0.6 is 0 Å². The van der Waals surface area contributed by atoms with Crippen molar-refractivity contribution >= 4 is 27.7 Å². The Morgan fingerprint density at radius 2 is 1.26 bits per heavy atom. The number of benzene rings is 4. The number of carbonyl (C=O) groups excluding carboxylic acids is 1. The molecule has 0 saturated carbocycles. The Hall–Kier alpha value is -4.45. The summed E-state index contributed by atoms with van der Waals surface area (Å²) in [5.41, 5.74) is 3.97. The smallest absolute Gasteiger partial charge is 0.263 e. The lowest BCUT2D eigenvalue weighted by Crippen LogP contribution is -2.12. The second kappa shape index (κ2) is 9.06. The van der Waals surface area contributed by atoms with E-state index >= 15 is 0 Å².